The van der Waals surface area contributed by atoms with Gasteiger partial charge in [0, 0.05) is 18.1 Å². The normalized spacial score (nSPS) is 11.3. The first kappa shape index (κ1) is 20.5. The maximum atomic E-state index is 12.8. The lowest BCUT2D eigenvalue weighted by atomic mass is 10.1. The van der Waals surface area contributed by atoms with Gasteiger partial charge in [-0.3, -0.25) is 9.59 Å². The van der Waals surface area contributed by atoms with Crippen molar-refractivity contribution in [3.8, 4) is 5.75 Å². The molecule has 2 aromatic carbocycles. The average Bonchev–Trinajstić information content (AvgIpc) is 2.70. The van der Waals surface area contributed by atoms with E-state index in [1.807, 2.05) is 30.3 Å². The minimum Gasteiger partial charge on any atom is -0.484 e. The van der Waals surface area contributed by atoms with Gasteiger partial charge < -0.3 is 15.0 Å². The summed E-state index contributed by atoms with van der Waals surface area (Å²) in [6.45, 7) is 5.73. The summed E-state index contributed by atoms with van der Waals surface area (Å²) in [5, 5.41) is 3.34. The third-order valence-corrected chi connectivity index (χ3v) is 4.21. The summed E-state index contributed by atoms with van der Waals surface area (Å²) < 4.78 is 5.56. The first-order valence-electron chi connectivity index (χ1n) is 8.61. The molecule has 0 bridgehead atoms. The van der Waals surface area contributed by atoms with Crippen molar-refractivity contribution in [1.29, 1.82) is 0 Å². The van der Waals surface area contributed by atoms with E-state index in [1.54, 1.807) is 37.3 Å². The van der Waals surface area contributed by atoms with Crippen LogP contribution in [0.25, 0.3) is 0 Å². The molecule has 0 spiro atoms. The van der Waals surface area contributed by atoms with Gasteiger partial charge in [-0.2, -0.15) is 0 Å². The van der Waals surface area contributed by atoms with Crippen LogP contribution in [0.3, 0.4) is 0 Å². The van der Waals surface area contributed by atoms with Gasteiger partial charge in [-0.25, -0.2) is 0 Å². The lowest BCUT2D eigenvalue weighted by molar-refractivity contribution is -0.142. The number of nitrogens with zero attached hydrogens (tertiary/aromatic N) is 1. The highest BCUT2D eigenvalue weighted by Crippen LogP contribution is 2.15. The van der Waals surface area contributed by atoms with E-state index < -0.39 is 6.04 Å². The second-order valence-electron chi connectivity index (χ2n) is 5.96. The summed E-state index contributed by atoms with van der Waals surface area (Å²) in [7, 11) is 0. The SMILES string of the molecule is C=CCNC(=O)C(C)N(Cc1ccc(Cl)cc1)C(=O)COc1ccccc1. The fourth-order valence-electron chi connectivity index (χ4n) is 2.43. The molecule has 0 saturated heterocycles. The molecule has 0 radical (unpaired) electrons. The summed E-state index contributed by atoms with van der Waals surface area (Å²) >= 11 is 5.92. The number of rotatable bonds is 9. The molecule has 142 valence electrons. The van der Waals surface area contributed by atoms with Crippen LogP contribution in [0.2, 0.25) is 5.02 Å². The van der Waals surface area contributed by atoms with E-state index in [0.29, 0.717) is 17.3 Å². The summed E-state index contributed by atoms with van der Waals surface area (Å²) in [6, 6.07) is 15.6. The first-order valence-corrected chi connectivity index (χ1v) is 8.99. The molecule has 27 heavy (non-hydrogen) atoms. The first-order chi connectivity index (χ1) is 13.0. The molecule has 2 amide bonds. The van der Waals surface area contributed by atoms with Gasteiger partial charge in [0.15, 0.2) is 6.61 Å². The predicted molar refractivity (Wildman–Crippen MR) is 107 cm³/mol. The zero-order chi connectivity index (χ0) is 19.6. The van der Waals surface area contributed by atoms with E-state index in [1.165, 1.54) is 4.90 Å². The minimum absolute atomic E-state index is 0.156. The van der Waals surface area contributed by atoms with Gasteiger partial charge in [0.2, 0.25) is 5.91 Å². The zero-order valence-electron chi connectivity index (χ0n) is 15.2. The molecule has 1 atom stereocenters. The molecule has 0 heterocycles. The van der Waals surface area contributed by atoms with Crippen LogP contribution in [0.5, 0.6) is 5.75 Å². The van der Waals surface area contributed by atoms with Crippen LogP contribution in [0.1, 0.15) is 12.5 Å². The quantitative estimate of drug-likeness (QED) is 0.671. The summed E-state index contributed by atoms with van der Waals surface area (Å²) in [5.74, 6) is 0.0630. The second kappa shape index (κ2) is 10.4. The van der Waals surface area contributed by atoms with Crippen LogP contribution in [0.4, 0.5) is 0 Å². The number of nitrogens with one attached hydrogen (secondary N) is 1. The molecule has 5 nitrogen and oxygen atoms in total. The molecule has 0 saturated carbocycles. The van der Waals surface area contributed by atoms with Gasteiger partial charge in [0.1, 0.15) is 11.8 Å². The number of benzene rings is 2. The van der Waals surface area contributed by atoms with E-state index >= 15 is 0 Å². The van der Waals surface area contributed by atoms with Crippen LogP contribution in [-0.2, 0) is 16.1 Å². The smallest absolute Gasteiger partial charge is 0.261 e. The van der Waals surface area contributed by atoms with Crippen LogP contribution < -0.4 is 10.1 Å². The van der Waals surface area contributed by atoms with E-state index in [0.717, 1.165) is 5.56 Å². The van der Waals surface area contributed by atoms with E-state index in [2.05, 4.69) is 11.9 Å². The lowest BCUT2D eigenvalue weighted by Gasteiger charge is -2.28. The Labute approximate surface area is 164 Å². The topological polar surface area (TPSA) is 58.6 Å². The number of ether oxygens (including phenoxy) is 1. The largest absolute Gasteiger partial charge is 0.484 e. The molecule has 0 aliphatic rings. The predicted octanol–water partition coefficient (Wildman–Crippen LogP) is 3.44. The van der Waals surface area contributed by atoms with Crippen LogP contribution in [-0.4, -0.2) is 35.9 Å². The molecule has 2 aromatic rings. The van der Waals surface area contributed by atoms with Gasteiger partial charge in [0.05, 0.1) is 0 Å². The number of halogens is 1. The molecule has 0 aromatic heterocycles. The van der Waals surface area contributed by atoms with E-state index in [9.17, 15) is 9.59 Å². The maximum Gasteiger partial charge on any atom is 0.261 e. The van der Waals surface area contributed by atoms with Crippen molar-refractivity contribution >= 4 is 23.4 Å². The van der Waals surface area contributed by atoms with Crippen molar-refractivity contribution in [2.24, 2.45) is 0 Å². The average molecular weight is 387 g/mol. The van der Waals surface area contributed by atoms with Crippen molar-refractivity contribution in [2.45, 2.75) is 19.5 Å². The molecule has 6 heteroatoms. The van der Waals surface area contributed by atoms with Gasteiger partial charge in [0.25, 0.3) is 5.91 Å². The Morgan fingerprint density at radius 2 is 1.85 bits per heavy atom. The van der Waals surface area contributed by atoms with Crippen molar-refractivity contribution in [3.05, 3.63) is 77.8 Å². The van der Waals surface area contributed by atoms with E-state index in [-0.39, 0.29) is 25.0 Å². The summed E-state index contributed by atoms with van der Waals surface area (Å²) in [5.41, 5.74) is 0.871. The summed E-state index contributed by atoms with van der Waals surface area (Å²) in [6.07, 6.45) is 1.59. The Bertz CT molecular complexity index is 763. The van der Waals surface area contributed by atoms with Gasteiger partial charge in [-0.15, -0.1) is 6.58 Å². The van der Waals surface area contributed by atoms with Crippen molar-refractivity contribution < 1.29 is 14.3 Å². The fraction of sp³-hybridized carbons (Fsp3) is 0.238. The summed E-state index contributed by atoms with van der Waals surface area (Å²) in [4.78, 5) is 26.6. The molecule has 0 aliphatic heterocycles. The molecule has 0 aliphatic carbocycles. The molecule has 1 unspecified atom stereocenters. The van der Waals surface area contributed by atoms with Crippen molar-refractivity contribution in [1.82, 2.24) is 10.2 Å². The third-order valence-electron chi connectivity index (χ3n) is 3.96. The Kier molecular flexibility index (Phi) is 7.89. The Morgan fingerprint density at radius 3 is 2.48 bits per heavy atom. The van der Waals surface area contributed by atoms with Gasteiger partial charge in [-0.1, -0.05) is 48.0 Å². The van der Waals surface area contributed by atoms with Crippen LogP contribution >= 0.6 is 11.6 Å². The number of carbonyl (C=O) groups is 2. The molecule has 0 fully saturated rings. The highest BCUT2D eigenvalue weighted by atomic mass is 35.5. The monoisotopic (exact) mass is 386 g/mol. The lowest BCUT2D eigenvalue weighted by Crippen LogP contribution is -2.49. The zero-order valence-corrected chi connectivity index (χ0v) is 16.0. The molecule has 1 N–H and O–H groups in total. The number of para-hydroxylation sites is 1. The Hall–Kier alpha value is -2.79. The highest BCUT2D eigenvalue weighted by Gasteiger charge is 2.26. The number of amides is 2. The molecular weight excluding hydrogens is 364 g/mol. The minimum atomic E-state index is -0.660. The third kappa shape index (κ3) is 6.46. The standard InChI is InChI=1S/C21H23ClN2O3/c1-3-13-23-21(26)16(2)24(14-17-9-11-18(22)12-10-17)20(25)15-27-19-7-5-4-6-8-19/h3-12,16H,1,13-15H2,2H3,(H,23,26). The fourth-order valence-corrected chi connectivity index (χ4v) is 2.56. The van der Waals surface area contributed by atoms with E-state index in [4.69, 9.17) is 16.3 Å². The maximum absolute atomic E-state index is 12.8. The molecular formula is C21H23ClN2O3. The van der Waals surface area contributed by atoms with Crippen LogP contribution in [0.15, 0.2) is 67.3 Å². The number of carbonyl (C=O) groups excluding carboxylic acids is 2. The Balaban J connectivity index is 2.11. The second-order valence-corrected chi connectivity index (χ2v) is 6.40. The Morgan fingerprint density at radius 1 is 1.19 bits per heavy atom. The van der Waals surface area contributed by atoms with Crippen LogP contribution in [0, 0.1) is 0 Å². The molecule has 2 rings (SSSR count). The number of hydrogen-bond donors (Lipinski definition) is 1. The van der Waals surface area contributed by atoms with Gasteiger partial charge >= 0.3 is 0 Å². The van der Waals surface area contributed by atoms with Crippen molar-refractivity contribution in [2.75, 3.05) is 13.2 Å². The highest BCUT2D eigenvalue weighted by molar-refractivity contribution is 6.30. The van der Waals surface area contributed by atoms with Gasteiger partial charge in [-0.05, 0) is 36.8 Å². The number of hydrogen-bond acceptors (Lipinski definition) is 3. The van der Waals surface area contributed by atoms with Crippen molar-refractivity contribution in [3.63, 3.8) is 0 Å².